The third kappa shape index (κ3) is 8.67. The first-order valence-corrected chi connectivity index (χ1v) is 29.9. The van der Waals surface area contributed by atoms with Crippen LogP contribution in [-0.2, 0) is 11.8 Å². The van der Waals surface area contributed by atoms with Crippen molar-refractivity contribution in [3.05, 3.63) is 290 Å². The number of aryl methyl sites for hydroxylation is 1. The van der Waals surface area contributed by atoms with E-state index >= 15 is 0 Å². The summed E-state index contributed by atoms with van der Waals surface area (Å²) in [7, 11) is 0. The van der Waals surface area contributed by atoms with E-state index in [1.807, 2.05) is 0 Å². The third-order valence-corrected chi connectivity index (χ3v) is 17.7. The Hall–Kier alpha value is -9.90. The Balaban J connectivity index is 1.10. The van der Waals surface area contributed by atoms with Gasteiger partial charge in [0.2, 0.25) is 0 Å². The van der Waals surface area contributed by atoms with Gasteiger partial charge in [-0.3, -0.25) is 0 Å². The fourth-order valence-electron chi connectivity index (χ4n) is 13.6. The zero-order chi connectivity index (χ0) is 56.5. The van der Waals surface area contributed by atoms with Crippen molar-refractivity contribution in [2.24, 2.45) is 0 Å². The highest BCUT2D eigenvalue weighted by Crippen LogP contribution is 2.53. The number of para-hydroxylation sites is 2. The molecule has 0 amide bonds. The molecule has 0 saturated heterocycles. The summed E-state index contributed by atoms with van der Waals surface area (Å²) in [6, 6.07) is 105. The molecule has 84 heavy (non-hydrogen) atoms. The van der Waals surface area contributed by atoms with Crippen LogP contribution in [-0.4, -0.2) is 11.3 Å². The highest BCUT2D eigenvalue weighted by Gasteiger charge is 2.46. The van der Waals surface area contributed by atoms with Gasteiger partial charge >= 0.3 is 0 Å². The molecule has 3 heterocycles. The lowest BCUT2D eigenvalue weighted by molar-refractivity contribution is 0.590. The summed E-state index contributed by atoms with van der Waals surface area (Å²) in [5.41, 5.74) is 28.7. The molecule has 4 heteroatoms. The monoisotopic (exact) mass is 1080 g/mol. The normalized spacial score (nSPS) is 12.6. The van der Waals surface area contributed by atoms with Crippen LogP contribution in [0.1, 0.15) is 51.7 Å². The second-order valence-electron chi connectivity index (χ2n) is 23.9. The summed E-state index contributed by atoms with van der Waals surface area (Å²) in [6.45, 7) is 9.33. The molecule has 0 radical (unpaired) electrons. The molecule has 2 aliphatic heterocycles. The van der Waals surface area contributed by atoms with Crippen LogP contribution in [0.4, 0.5) is 34.1 Å². The van der Waals surface area contributed by atoms with E-state index < -0.39 is 0 Å². The number of hydrogen-bond donors (Lipinski definition) is 0. The Morgan fingerprint density at radius 1 is 0.357 bits per heavy atom. The van der Waals surface area contributed by atoms with E-state index in [2.05, 4.69) is 321 Å². The summed E-state index contributed by atoms with van der Waals surface area (Å²) in [5, 5.41) is 2.50. The maximum Gasteiger partial charge on any atom is 0.252 e. The van der Waals surface area contributed by atoms with Crippen LogP contribution in [0.3, 0.4) is 0 Å². The summed E-state index contributed by atoms with van der Waals surface area (Å²) >= 11 is 0. The van der Waals surface area contributed by atoms with Crippen molar-refractivity contribution in [1.82, 2.24) is 4.57 Å². The molecule has 2 aliphatic rings. The molecule has 3 nitrogen and oxygen atoms in total. The first-order chi connectivity index (χ1) is 41.3. The minimum Gasteiger partial charge on any atom is -0.311 e. The van der Waals surface area contributed by atoms with Crippen LogP contribution < -0.4 is 26.2 Å². The van der Waals surface area contributed by atoms with E-state index in [1.165, 1.54) is 122 Å². The summed E-state index contributed by atoms with van der Waals surface area (Å²) in [6.07, 6.45) is 3.13. The average Bonchev–Trinajstić information content (AvgIpc) is 0.887. The number of aromatic nitrogens is 1. The second-order valence-corrected chi connectivity index (χ2v) is 23.9. The predicted molar refractivity (Wildman–Crippen MR) is 359 cm³/mol. The highest BCUT2D eigenvalue weighted by atomic mass is 15.2. The molecule has 13 aromatic rings. The van der Waals surface area contributed by atoms with Gasteiger partial charge in [-0.05, 0) is 151 Å². The van der Waals surface area contributed by atoms with Crippen LogP contribution in [0.2, 0.25) is 0 Å². The first kappa shape index (κ1) is 51.0. The average molecular weight is 1080 g/mol. The van der Waals surface area contributed by atoms with Crippen LogP contribution in [0.15, 0.2) is 279 Å². The Labute approximate surface area is 494 Å². The lowest BCUT2D eigenvalue weighted by Crippen LogP contribution is -2.61. The van der Waals surface area contributed by atoms with Crippen LogP contribution in [0, 0.1) is 0 Å². The van der Waals surface area contributed by atoms with Crippen LogP contribution in [0.25, 0.3) is 83.1 Å². The number of rotatable bonds is 11. The van der Waals surface area contributed by atoms with Gasteiger partial charge in [0.15, 0.2) is 0 Å². The smallest absolute Gasteiger partial charge is 0.252 e. The van der Waals surface area contributed by atoms with Crippen molar-refractivity contribution in [1.29, 1.82) is 0 Å². The summed E-state index contributed by atoms with van der Waals surface area (Å²) in [4.78, 5) is 5.38. The number of benzene rings is 12. The van der Waals surface area contributed by atoms with E-state index in [4.69, 9.17) is 0 Å². The topological polar surface area (TPSA) is 11.4 Å². The van der Waals surface area contributed by atoms with Crippen molar-refractivity contribution < 1.29 is 0 Å². The SMILES string of the molecule is CCCCc1ccc(-c2ccccc2)cc1N1c2cc(-n3c4ccccc4c4ccccc43)ccc2B2c3cc(-c4ccccc4)ccc3N(c3c(-c4ccccc4)cc(-c4ccccc4)cc3-c3ccccc3)c3cc(C(C)(C)C)cc1c32. The third-order valence-electron chi connectivity index (χ3n) is 17.7. The molecule has 1 aromatic heterocycles. The molecule has 0 saturated carbocycles. The number of hydrogen-bond acceptors (Lipinski definition) is 2. The molecular formula is C80H64BN3. The lowest BCUT2D eigenvalue weighted by atomic mass is 9.33. The Bertz CT molecular complexity index is 4500. The van der Waals surface area contributed by atoms with Gasteiger partial charge in [0.1, 0.15) is 0 Å². The molecular weight excluding hydrogens is 1010 g/mol. The molecule has 12 aromatic carbocycles. The van der Waals surface area contributed by atoms with E-state index in [0.717, 1.165) is 41.8 Å². The predicted octanol–water partition coefficient (Wildman–Crippen LogP) is 19.8. The Morgan fingerprint density at radius 2 is 0.845 bits per heavy atom. The first-order valence-electron chi connectivity index (χ1n) is 29.9. The fraction of sp³-hybridized carbons (Fsp3) is 0.100. The van der Waals surface area contributed by atoms with Crippen molar-refractivity contribution in [2.75, 3.05) is 9.80 Å². The molecule has 15 rings (SSSR count). The molecule has 0 aliphatic carbocycles. The van der Waals surface area contributed by atoms with Gasteiger partial charge in [-0.1, -0.05) is 253 Å². The van der Waals surface area contributed by atoms with E-state index in [9.17, 15) is 0 Å². The number of fused-ring (bicyclic) bond motifs is 7. The fourth-order valence-corrected chi connectivity index (χ4v) is 13.6. The van der Waals surface area contributed by atoms with Crippen LogP contribution in [0.5, 0.6) is 0 Å². The van der Waals surface area contributed by atoms with Gasteiger partial charge in [0.05, 0.1) is 16.7 Å². The Kier molecular flexibility index (Phi) is 12.6. The zero-order valence-electron chi connectivity index (χ0n) is 48.1. The largest absolute Gasteiger partial charge is 0.311 e. The number of anilines is 6. The summed E-state index contributed by atoms with van der Waals surface area (Å²) < 4.78 is 2.49. The maximum atomic E-state index is 2.70. The van der Waals surface area contributed by atoms with Gasteiger partial charge in [0, 0.05) is 56.0 Å². The molecule has 0 spiro atoms. The Morgan fingerprint density at radius 3 is 1.39 bits per heavy atom. The lowest BCUT2D eigenvalue weighted by Gasteiger charge is -2.46. The minimum atomic E-state index is -0.237. The minimum absolute atomic E-state index is 0.141. The standard InChI is InChI=1S/C80H64BN3/c1-5-6-26-59-41-42-61(55-29-14-8-15-30-55)50-74(59)83-75-53-64(82-71-39-24-22-37-65(71)66-38-23-25-40-72(66)82)44-45-69(75)81-70-49-60(54-27-12-7-13-28-54)43-46-73(70)84(77-52-63(80(2,3)4)51-76(83)78(77)81)79-67(57-33-18-10-19-34-57)47-62(56-31-16-9-17-32-56)48-68(79)58-35-20-11-21-36-58/h7-25,27-53H,5-6,26H2,1-4H3. The zero-order valence-corrected chi connectivity index (χ0v) is 48.1. The van der Waals surface area contributed by atoms with E-state index in [0.29, 0.717) is 0 Å². The quantitative estimate of drug-likeness (QED) is 0.120. The van der Waals surface area contributed by atoms with Crippen molar-refractivity contribution in [2.45, 2.75) is 52.4 Å². The molecule has 0 unspecified atom stereocenters. The van der Waals surface area contributed by atoms with Crippen molar-refractivity contribution in [3.63, 3.8) is 0 Å². The van der Waals surface area contributed by atoms with Crippen molar-refractivity contribution >= 4 is 79.0 Å². The number of unbranched alkanes of at least 4 members (excludes halogenated alkanes) is 1. The molecule has 402 valence electrons. The maximum absolute atomic E-state index is 2.70. The highest BCUT2D eigenvalue weighted by molar-refractivity contribution is 7.00. The molecule has 0 bridgehead atoms. The molecule has 0 atom stereocenters. The van der Waals surface area contributed by atoms with Gasteiger partial charge in [-0.15, -0.1) is 0 Å². The van der Waals surface area contributed by atoms with Gasteiger partial charge in [0.25, 0.3) is 6.71 Å². The molecule has 0 N–H and O–H groups in total. The summed E-state index contributed by atoms with van der Waals surface area (Å²) in [5.74, 6) is 0. The van der Waals surface area contributed by atoms with Crippen LogP contribution >= 0.6 is 0 Å². The van der Waals surface area contributed by atoms with E-state index in [-0.39, 0.29) is 12.1 Å². The van der Waals surface area contributed by atoms with Gasteiger partial charge < -0.3 is 14.4 Å². The van der Waals surface area contributed by atoms with E-state index in [1.54, 1.807) is 0 Å². The second kappa shape index (κ2) is 20.8. The number of nitrogens with zero attached hydrogens (tertiary/aromatic N) is 3. The van der Waals surface area contributed by atoms with Crippen molar-refractivity contribution in [3.8, 4) is 61.3 Å². The van der Waals surface area contributed by atoms with Gasteiger partial charge in [-0.25, -0.2) is 0 Å². The molecule has 0 fully saturated rings. The van der Waals surface area contributed by atoms with Gasteiger partial charge in [-0.2, -0.15) is 0 Å².